The van der Waals surface area contributed by atoms with Crippen molar-refractivity contribution in [2.75, 3.05) is 13.7 Å². The van der Waals surface area contributed by atoms with Crippen LogP contribution in [0.5, 0.6) is 11.5 Å². The molecule has 0 N–H and O–H groups in total. The molecule has 0 aliphatic rings. The number of aliphatic carboxylic acids is 1. The zero-order chi connectivity index (χ0) is 20.8. The minimum atomic E-state index is -1.32. The zero-order valence-electron chi connectivity index (χ0n) is 15.8. The summed E-state index contributed by atoms with van der Waals surface area (Å²) in [5.74, 6) is -0.0711. The van der Waals surface area contributed by atoms with Gasteiger partial charge in [0.15, 0.2) is 11.5 Å². The van der Waals surface area contributed by atoms with Crippen LogP contribution in [-0.4, -0.2) is 29.8 Å². The van der Waals surface area contributed by atoms with E-state index < -0.39 is 12.6 Å². The molecule has 3 rings (SSSR count). The predicted molar refractivity (Wildman–Crippen MR) is 106 cm³/mol. The first-order valence-corrected chi connectivity index (χ1v) is 9.19. The van der Waals surface area contributed by atoms with E-state index >= 15 is 0 Å². The molecule has 8 heteroatoms. The Kier molecular flexibility index (Phi) is 6.51. The molecular weight excluding hydrogens is 396 g/mol. The van der Waals surface area contributed by atoms with Crippen LogP contribution in [-0.2, 0) is 11.2 Å². The Bertz CT molecular complexity index is 1030. The van der Waals surface area contributed by atoms with E-state index in [1.807, 2.05) is 24.3 Å². The first kappa shape index (κ1) is 20.4. The van der Waals surface area contributed by atoms with Gasteiger partial charge in [0.05, 0.1) is 13.1 Å². The van der Waals surface area contributed by atoms with Gasteiger partial charge in [0.1, 0.15) is 11.6 Å². The normalized spacial score (nSPS) is 11.3. The van der Waals surface area contributed by atoms with Crippen LogP contribution in [0.1, 0.15) is 23.9 Å². The fraction of sp³-hybridized carbons (Fsp3) is 0.190. The largest absolute Gasteiger partial charge is 0.546 e. The van der Waals surface area contributed by atoms with Crippen molar-refractivity contribution in [2.45, 2.75) is 13.3 Å². The first-order chi connectivity index (χ1) is 14.0. The third kappa shape index (κ3) is 5.14. The van der Waals surface area contributed by atoms with Crippen molar-refractivity contribution in [3.05, 3.63) is 59.5 Å². The molecule has 0 aliphatic heterocycles. The van der Waals surface area contributed by atoms with Crippen molar-refractivity contribution in [1.29, 1.82) is 0 Å². The van der Waals surface area contributed by atoms with Crippen LogP contribution in [0.15, 0.2) is 47.0 Å². The molecule has 0 spiro atoms. The molecule has 3 aromatic rings. The van der Waals surface area contributed by atoms with E-state index in [-0.39, 0.29) is 16.7 Å². The monoisotopic (exact) mass is 413 g/mol. The summed E-state index contributed by atoms with van der Waals surface area (Å²) in [6.45, 7) is 1.51. The Morgan fingerprint density at radius 3 is 2.62 bits per heavy atom. The highest BCUT2D eigenvalue weighted by Gasteiger charge is 2.12. The summed E-state index contributed by atoms with van der Waals surface area (Å²) >= 11 is 6.33. The highest BCUT2D eigenvalue weighted by Crippen LogP contribution is 2.31. The lowest BCUT2D eigenvalue weighted by Crippen LogP contribution is -2.29. The molecule has 0 saturated heterocycles. The Balaban J connectivity index is 1.80. The number of aromatic nitrogens is 2. The van der Waals surface area contributed by atoms with Gasteiger partial charge in [-0.1, -0.05) is 54.0 Å². The van der Waals surface area contributed by atoms with Crippen LogP contribution < -0.4 is 14.6 Å². The van der Waals surface area contributed by atoms with E-state index in [1.165, 1.54) is 12.7 Å². The molecule has 1 heterocycles. The number of aryl methyl sites for hydroxylation is 1. The topological polar surface area (TPSA) is 97.5 Å². The van der Waals surface area contributed by atoms with E-state index in [0.29, 0.717) is 17.1 Å². The van der Waals surface area contributed by atoms with Gasteiger partial charge in [-0.25, -0.2) is 0 Å². The van der Waals surface area contributed by atoms with Crippen molar-refractivity contribution in [3.63, 3.8) is 0 Å². The van der Waals surface area contributed by atoms with Crippen molar-refractivity contribution in [2.24, 2.45) is 0 Å². The summed E-state index contributed by atoms with van der Waals surface area (Å²) in [7, 11) is 1.45. The molecule has 7 nitrogen and oxygen atoms in total. The van der Waals surface area contributed by atoms with Gasteiger partial charge in [-0.3, -0.25) is 0 Å². The molecule has 0 amide bonds. The number of methoxy groups -OCH3 is 1. The van der Waals surface area contributed by atoms with E-state index in [4.69, 9.17) is 25.6 Å². The van der Waals surface area contributed by atoms with Crippen LogP contribution >= 0.6 is 11.6 Å². The molecule has 0 unspecified atom stereocenters. The van der Waals surface area contributed by atoms with E-state index in [1.54, 1.807) is 24.3 Å². The number of carboxylic acids is 1. The van der Waals surface area contributed by atoms with Gasteiger partial charge >= 0.3 is 0 Å². The molecule has 0 bridgehead atoms. The van der Waals surface area contributed by atoms with E-state index in [2.05, 4.69) is 17.1 Å². The average molecular weight is 414 g/mol. The summed E-state index contributed by atoms with van der Waals surface area (Å²) < 4.78 is 15.6. The van der Waals surface area contributed by atoms with Crippen LogP contribution in [0.25, 0.3) is 22.5 Å². The second kappa shape index (κ2) is 9.25. The zero-order valence-corrected chi connectivity index (χ0v) is 16.6. The van der Waals surface area contributed by atoms with Crippen LogP contribution in [0, 0.1) is 0 Å². The summed E-state index contributed by atoms with van der Waals surface area (Å²) in [4.78, 5) is 14.9. The van der Waals surface area contributed by atoms with E-state index in [9.17, 15) is 9.90 Å². The van der Waals surface area contributed by atoms with Crippen molar-refractivity contribution in [1.82, 2.24) is 10.1 Å². The summed E-state index contributed by atoms with van der Waals surface area (Å²) in [6, 6.07) is 12.8. The molecule has 0 fully saturated rings. The minimum Gasteiger partial charge on any atom is -0.546 e. The number of carboxylic acid groups (broad SMARTS) is 1. The average Bonchev–Trinajstić information content (AvgIpc) is 3.23. The number of hydrogen-bond acceptors (Lipinski definition) is 7. The molecule has 0 radical (unpaired) electrons. The fourth-order valence-corrected chi connectivity index (χ4v) is 2.77. The standard InChI is InChI=1S/C21H19ClN2O5/c1-3-13-4-7-15(8-5-13)20-23-21(29-24-20)16(22)10-14-6-9-17(18(11-14)27-2)28-12-19(25)26/h4-11H,3,12H2,1-2H3,(H,25,26)/p-1/b16-10-. The quantitative estimate of drug-likeness (QED) is 0.559. The maximum Gasteiger partial charge on any atom is 0.269 e. The van der Waals surface area contributed by atoms with Crippen LogP contribution in [0.4, 0.5) is 0 Å². The van der Waals surface area contributed by atoms with Gasteiger partial charge in [-0.15, -0.1) is 0 Å². The highest BCUT2D eigenvalue weighted by molar-refractivity contribution is 6.50. The summed E-state index contributed by atoms with van der Waals surface area (Å²) in [5.41, 5.74) is 2.73. The second-order valence-electron chi connectivity index (χ2n) is 6.04. The Morgan fingerprint density at radius 2 is 1.97 bits per heavy atom. The molecular formula is C21H18ClN2O5-. The Labute approximate surface area is 172 Å². The minimum absolute atomic E-state index is 0.178. The fourth-order valence-electron chi connectivity index (χ4n) is 2.57. The van der Waals surface area contributed by atoms with Gasteiger partial charge in [0, 0.05) is 5.56 Å². The number of nitrogens with zero attached hydrogens (tertiary/aromatic N) is 2. The molecule has 150 valence electrons. The van der Waals surface area contributed by atoms with Gasteiger partial charge in [-0.2, -0.15) is 4.98 Å². The number of carbonyl (C=O) groups excluding carboxylic acids is 1. The molecule has 2 aromatic carbocycles. The molecule has 0 aliphatic carbocycles. The highest BCUT2D eigenvalue weighted by atomic mass is 35.5. The first-order valence-electron chi connectivity index (χ1n) is 8.81. The number of carbonyl (C=O) groups is 1. The van der Waals surface area contributed by atoms with Crippen molar-refractivity contribution < 1.29 is 23.9 Å². The lowest BCUT2D eigenvalue weighted by atomic mass is 10.1. The predicted octanol–water partition coefficient (Wildman–Crippen LogP) is 3.17. The third-order valence-corrected chi connectivity index (χ3v) is 4.35. The number of hydrogen-bond donors (Lipinski definition) is 0. The van der Waals surface area contributed by atoms with Crippen molar-refractivity contribution in [3.8, 4) is 22.9 Å². The van der Waals surface area contributed by atoms with Gasteiger partial charge in [0.25, 0.3) is 5.89 Å². The maximum absolute atomic E-state index is 10.6. The van der Waals surface area contributed by atoms with Gasteiger partial charge < -0.3 is 23.9 Å². The van der Waals surface area contributed by atoms with E-state index in [0.717, 1.165) is 12.0 Å². The lowest BCUT2D eigenvalue weighted by Gasteiger charge is -2.11. The molecule has 0 saturated carbocycles. The summed E-state index contributed by atoms with van der Waals surface area (Å²) in [6.07, 6.45) is 2.58. The number of benzene rings is 2. The lowest BCUT2D eigenvalue weighted by molar-refractivity contribution is -0.307. The van der Waals surface area contributed by atoms with Crippen LogP contribution in [0.3, 0.4) is 0 Å². The van der Waals surface area contributed by atoms with Gasteiger partial charge in [-0.05, 0) is 35.8 Å². The second-order valence-corrected chi connectivity index (χ2v) is 6.44. The SMILES string of the molecule is CCc1ccc(-c2noc(/C(Cl)=C/c3ccc(OCC(=O)[O-])c(OC)c3)n2)cc1. The third-order valence-electron chi connectivity index (χ3n) is 4.08. The maximum atomic E-state index is 10.6. The number of rotatable bonds is 8. The molecule has 0 atom stereocenters. The summed E-state index contributed by atoms with van der Waals surface area (Å²) in [5, 5.41) is 14.8. The molecule has 29 heavy (non-hydrogen) atoms. The number of ether oxygens (including phenoxy) is 2. The number of halogens is 1. The van der Waals surface area contributed by atoms with Crippen molar-refractivity contribution >= 4 is 28.7 Å². The van der Waals surface area contributed by atoms with Gasteiger partial charge in [0.2, 0.25) is 5.82 Å². The van der Waals surface area contributed by atoms with Crippen LogP contribution in [0.2, 0.25) is 0 Å². The Hall–Kier alpha value is -3.32. The molecule has 1 aromatic heterocycles. The Morgan fingerprint density at radius 1 is 1.21 bits per heavy atom. The smallest absolute Gasteiger partial charge is 0.269 e.